The van der Waals surface area contributed by atoms with Crippen molar-refractivity contribution in [2.75, 3.05) is 24.7 Å². The fourth-order valence-corrected chi connectivity index (χ4v) is 5.77. The summed E-state index contributed by atoms with van der Waals surface area (Å²) in [6.45, 7) is 4.76. The molecule has 2 heterocycles. The number of piperidine rings is 1. The van der Waals surface area contributed by atoms with E-state index in [-0.39, 0.29) is 17.7 Å². The van der Waals surface area contributed by atoms with Crippen molar-refractivity contribution in [3.63, 3.8) is 0 Å². The number of amides is 2. The van der Waals surface area contributed by atoms with E-state index in [1.165, 1.54) is 11.3 Å². The van der Waals surface area contributed by atoms with Crippen molar-refractivity contribution >= 4 is 52.2 Å². The lowest BCUT2D eigenvalue weighted by Crippen LogP contribution is -2.51. The van der Waals surface area contributed by atoms with E-state index in [0.29, 0.717) is 29.6 Å². The molecular formula is C26H28ClN3O3S2. The maximum atomic E-state index is 13.2. The van der Waals surface area contributed by atoms with Crippen molar-refractivity contribution < 1.29 is 14.3 Å². The summed E-state index contributed by atoms with van der Waals surface area (Å²) in [6, 6.07) is 14.9. The van der Waals surface area contributed by atoms with Gasteiger partial charge < -0.3 is 15.0 Å². The van der Waals surface area contributed by atoms with Gasteiger partial charge in [-0.3, -0.25) is 9.59 Å². The van der Waals surface area contributed by atoms with E-state index in [1.807, 2.05) is 52.9 Å². The molecule has 35 heavy (non-hydrogen) atoms. The van der Waals surface area contributed by atoms with Crippen LogP contribution in [0.3, 0.4) is 0 Å². The lowest BCUT2D eigenvalue weighted by Gasteiger charge is -2.36. The van der Waals surface area contributed by atoms with Gasteiger partial charge in [0.2, 0.25) is 0 Å². The maximum absolute atomic E-state index is 13.2. The smallest absolute Gasteiger partial charge is 0.275 e. The number of thiazole rings is 1. The molecule has 184 valence electrons. The fraction of sp³-hybridized carbons (Fsp3) is 0.346. The molecule has 1 aromatic heterocycles. The minimum absolute atomic E-state index is 0.0671. The van der Waals surface area contributed by atoms with Gasteiger partial charge in [0.15, 0.2) is 5.60 Å². The van der Waals surface area contributed by atoms with Gasteiger partial charge in [0.1, 0.15) is 11.4 Å². The third-order valence-corrected chi connectivity index (χ3v) is 8.07. The zero-order valence-electron chi connectivity index (χ0n) is 19.9. The van der Waals surface area contributed by atoms with Crippen molar-refractivity contribution in [1.29, 1.82) is 0 Å². The molecule has 2 amide bonds. The lowest BCUT2D eigenvalue weighted by molar-refractivity contribution is -0.146. The van der Waals surface area contributed by atoms with E-state index in [2.05, 4.69) is 10.3 Å². The van der Waals surface area contributed by atoms with Crippen molar-refractivity contribution in [2.45, 2.75) is 43.1 Å². The molecular weight excluding hydrogens is 502 g/mol. The highest BCUT2D eigenvalue weighted by molar-refractivity contribution is 7.98. The number of aromatic nitrogens is 1. The number of carbonyl (C=O) groups excluding carboxylic acids is 2. The highest BCUT2D eigenvalue weighted by Crippen LogP contribution is 2.33. The standard InChI is InChI=1S/C26H28ClN3O3S2/c1-26(2,33-21-10-6-4-8-18(21)27)25(32)30-14-12-17(13-15-30)24-29-20(16-35-24)23(31)28-19-9-5-7-11-22(19)34-3/h4-11,16-17H,12-15H2,1-3H3,(H,28,31). The van der Waals surface area contributed by atoms with Crippen LogP contribution in [0.4, 0.5) is 5.69 Å². The Kier molecular flexibility index (Phi) is 8.04. The highest BCUT2D eigenvalue weighted by Gasteiger charge is 2.37. The second-order valence-electron chi connectivity index (χ2n) is 8.83. The Balaban J connectivity index is 1.34. The van der Waals surface area contributed by atoms with Crippen molar-refractivity contribution in [3.05, 3.63) is 69.6 Å². The third kappa shape index (κ3) is 6.00. The van der Waals surface area contributed by atoms with Crippen LogP contribution >= 0.6 is 34.7 Å². The summed E-state index contributed by atoms with van der Waals surface area (Å²) in [5, 5.41) is 6.19. The fourth-order valence-electron chi connectivity index (χ4n) is 4.07. The van der Waals surface area contributed by atoms with Gasteiger partial charge in [-0.1, -0.05) is 35.9 Å². The lowest BCUT2D eigenvalue weighted by atomic mass is 9.96. The Labute approximate surface area is 219 Å². The van der Waals surface area contributed by atoms with Gasteiger partial charge in [0, 0.05) is 29.3 Å². The predicted octanol–water partition coefficient (Wildman–Crippen LogP) is 6.33. The molecule has 0 spiro atoms. The number of rotatable bonds is 7. The van der Waals surface area contributed by atoms with Gasteiger partial charge in [-0.2, -0.15) is 0 Å². The summed E-state index contributed by atoms with van der Waals surface area (Å²) >= 11 is 9.30. The Morgan fingerprint density at radius 1 is 1.14 bits per heavy atom. The van der Waals surface area contributed by atoms with Crippen molar-refractivity contribution in [3.8, 4) is 5.75 Å². The van der Waals surface area contributed by atoms with Gasteiger partial charge in [-0.15, -0.1) is 23.1 Å². The van der Waals surface area contributed by atoms with Crippen LogP contribution in [0, 0.1) is 0 Å². The van der Waals surface area contributed by atoms with E-state index in [4.69, 9.17) is 16.3 Å². The van der Waals surface area contributed by atoms with E-state index in [9.17, 15) is 9.59 Å². The number of anilines is 1. The first kappa shape index (κ1) is 25.5. The van der Waals surface area contributed by atoms with Gasteiger partial charge in [0.05, 0.1) is 15.7 Å². The number of benzene rings is 2. The van der Waals surface area contributed by atoms with E-state index < -0.39 is 5.60 Å². The zero-order valence-corrected chi connectivity index (χ0v) is 22.3. The molecule has 1 aliphatic rings. The number of hydrogen-bond acceptors (Lipinski definition) is 6. The molecule has 6 nitrogen and oxygen atoms in total. The summed E-state index contributed by atoms with van der Waals surface area (Å²) in [4.78, 5) is 33.4. The first-order valence-electron chi connectivity index (χ1n) is 11.4. The second-order valence-corrected chi connectivity index (χ2v) is 11.0. The largest absolute Gasteiger partial charge is 0.476 e. The molecule has 0 aliphatic carbocycles. The topological polar surface area (TPSA) is 71.5 Å². The van der Waals surface area contributed by atoms with Gasteiger partial charge >= 0.3 is 0 Å². The predicted molar refractivity (Wildman–Crippen MR) is 143 cm³/mol. The van der Waals surface area contributed by atoms with E-state index >= 15 is 0 Å². The molecule has 9 heteroatoms. The van der Waals surface area contributed by atoms with Crippen LogP contribution in [0.5, 0.6) is 5.75 Å². The normalized spacial score (nSPS) is 14.6. The third-order valence-electron chi connectivity index (χ3n) is 5.96. The van der Waals surface area contributed by atoms with Crippen LogP contribution in [0.2, 0.25) is 5.02 Å². The van der Waals surface area contributed by atoms with Crippen LogP contribution in [-0.2, 0) is 4.79 Å². The number of nitrogens with zero attached hydrogens (tertiary/aromatic N) is 2. The van der Waals surface area contributed by atoms with E-state index in [0.717, 1.165) is 28.4 Å². The number of hydrogen-bond donors (Lipinski definition) is 1. The van der Waals surface area contributed by atoms with Gasteiger partial charge in [-0.25, -0.2) is 4.98 Å². The molecule has 4 rings (SSSR count). The molecule has 1 saturated heterocycles. The molecule has 0 saturated carbocycles. The minimum Gasteiger partial charge on any atom is -0.476 e. The number of likely N-dealkylation sites (tertiary alicyclic amines) is 1. The SMILES string of the molecule is CSc1ccccc1NC(=O)c1csc(C2CCN(C(=O)C(C)(C)Oc3ccccc3Cl)CC2)n1. The Hall–Kier alpha value is -2.55. The first-order chi connectivity index (χ1) is 16.8. The van der Waals surface area contributed by atoms with Crippen LogP contribution in [-0.4, -0.2) is 46.6 Å². The number of carbonyl (C=O) groups is 2. The molecule has 0 atom stereocenters. The summed E-state index contributed by atoms with van der Waals surface area (Å²) in [7, 11) is 0. The molecule has 1 N–H and O–H groups in total. The molecule has 1 fully saturated rings. The van der Waals surface area contributed by atoms with Gasteiger partial charge in [0.25, 0.3) is 11.8 Å². The minimum atomic E-state index is -1.03. The number of halogens is 1. The average Bonchev–Trinajstić information content (AvgIpc) is 3.36. The van der Waals surface area contributed by atoms with E-state index in [1.54, 1.807) is 37.7 Å². The van der Waals surface area contributed by atoms with Crippen LogP contribution in [0.15, 0.2) is 58.8 Å². The Morgan fingerprint density at radius 3 is 2.54 bits per heavy atom. The summed E-state index contributed by atoms with van der Waals surface area (Å²) in [6.07, 6.45) is 3.56. The number of ether oxygens (including phenoxy) is 1. The Bertz CT molecular complexity index is 1210. The number of nitrogens with one attached hydrogen (secondary N) is 1. The molecule has 0 unspecified atom stereocenters. The molecule has 3 aromatic rings. The highest BCUT2D eigenvalue weighted by atomic mass is 35.5. The first-order valence-corrected chi connectivity index (χ1v) is 13.9. The van der Waals surface area contributed by atoms with Crippen molar-refractivity contribution in [2.24, 2.45) is 0 Å². The zero-order chi connectivity index (χ0) is 25.0. The molecule has 2 aromatic carbocycles. The van der Waals surface area contributed by atoms with Crippen LogP contribution < -0.4 is 10.1 Å². The van der Waals surface area contributed by atoms with Crippen LogP contribution in [0.25, 0.3) is 0 Å². The average molecular weight is 530 g/mol. The molecule has 0 radical (unpaired) electrons. The van der Waals surface area contributed by atoms with Crippen LogP contribution in [0.1, 0.15) is 48.1 Å². The number of thioether (sulfide) groups is 1. The summed E-state index contributed by atoms with van der Waals surface area (Å²) in [5.74, 6) is 0.440. The maximum Gasteiger partial charge on any atom is 0.275 e. The number of para-hydroxylation sites is 2. The second kappa shape index (κ2) is 11.0. The summed E-state index contributed by atoms with van der Waals surface area (Å²) in [5.41, 5.74) is 0.179. The molecule has 0 bridgehead atoms. The monoisotopic (exact) mass is 529 g/mol. The quantitative estimate of drug-likeness (QED) is 0.362. The Morgan fingerprint density at radius 2 is 1.83 bits per heavy atom. The van der Waals surface area contributed by atoms with Gasteiger partial charge in [-0.05, 0) is 57.2 Å². The molecule has 1 aliphatic heterocycles. The summed E-state index contributed by atoms with van der Waals surface area (Å²) < 4.78 is 5.97. The van der Waals surface area contributed by atoms with Crippen molar-refractivity contribution in [1.82, 2.24) is 9.88 Å².